The van der Waals surface area contributed by atoms with Crippen LogP contribution in [0.5, 0.6) is 0 Å². The molecule has 0 aliphatic carbocycles. The zero-order chi connectivity index (χ0) is 19.6. The number of urea groups is 1. The Kier molecular flexibility index (Phi) is 5.03. The van der Waals surface area contributed by atoms with Crippen molar-refractivity contribution in [2.75, 3.05) is 23.9 Å². The van der Waals surface area contributed by atoms with Crippen LogP contribution >= 0.6 is 0 Å². The van der Waals surface area contributed by atoms with E-state index >= 15 is 0 Å². The van der Waals surface area contributed by atoms with Crippen LogP contribution in [0.3, 0.4) is 0 Å². The molecule has 0 spiro atoms. The Morgan fingerprint density at radius 2 is 1.63 bits per heavy atom. The van der Waals surface area contributed by atoms with Crippen molar-refractivity contribution in [3.8, 4) is 0 Å². The fraction of sp³-hybridized carbons (Fsp3) is 0.200. The number of benzene rings is 2. The van der Waals surface area contributed by atoms with Crippen LogP contribution in [0.25, 0.3) is 0 Å². The molecule has 0 saturated carbocycles. The Balaban J connectivity index is 1.83. The lowest BCUT2D eigenvalue weighted by Crippen LogP contribution is -2.58. The van der Waals surface area contributed by atoms with Gasteiger partial charge in [-0.3, -0.25) is 19.9 Å². The van der Waals surface area contributed by atoms with Crippen LogP contribution in [0.1, 0.15) is 5.56 Å². The van der Waals surface area contributed by atoms with Gasteiger partial charge < -0.3 is 4.90 Å². The van der Waals surface area contributed by atoms with Crippen LogP contribution in [-0.4, -0.2) is 38.2 Å². The molecule has 7 nitrogen and oxygen atoms in total. The minimum absolute atomic E-state index is 0.407. The summed E-state index contributed by atoms with van der Waals surface area (Å²) in [5, 5.41) is 2.21. The first kappa shape index (κ1) is 18.3. The molecule has 2 aromatic carbocycles. The highest BCUT2D eigenvalue weighted by atomic mass is 16.2. The number of carbonyl (C=O) groups excluding carboxylic acids is 3. The molecule has 1 atom stereocenters. The number of carbonyl (C=O) groups is 3. The molecule has 3 rings (SSSR count). The second kappa shape index (κ2) is 7.41. The Morgan fingerprint density at radius 1 is 1.00 bits per heavy atom. The first-order valence-corrected chi connectivity index (χ1v) is 8.44. The maximum Gasteiger partial charge on any atom is 0.335 e. The normalized spacial score (nSPS) is 17.4. The second-order valence-electron chi connectivity index (χ2n) is 6.47. The second-order valence-corrected chi connectivity index (χ2v) is 6.47. The molecule has 1 aliphatic heterocycles. The van der Waals surface area contributed by atoms with Crippen molar-refractivity contribution in [3.63, 3.8) is 0 Å². The van der Waals surface area contributed by atoms with Gasteiger partial charge >= 0.3 is 6.03 Å². The van der Waals surface area contributed by atoms with E-state index in [-0.39, 0.29) is 0 Å². The SMILES string of the molecule is Cc1ccc(N2C(=O)NC(=O)[C@H](C=Nc3ccc(N(C)C)cc3)C2=O)cc1. The van der Waals surface area contributed by atoms with Crippen molar-refractivity contribution in [1.29, 1.82) is 0 Å². The first-order chi connectivity index (χ1) is 12.9. The number of hydrogen-bond donors (Lipinski definition) is 1. The average Bonchev–Trinajstić information content (AvgIpc) is 2.63. The lowest BCUT2D eigenvalue weighted by Gasteiger charge is -2.28. The predicted molar refractivity (Wildman–Crippen MR) is 105 cm³/mol. The van der Waals surface area contributed by atoms with Gasteiger partial charge in [-0.05, 0) is 43.3 Å². The number of aryl methyl sites for hydroxylation is 1. The lowest BCUT2D eigenvalue weighted by atomic mass is 10.1. The topological polar surface area (TPSA) is 82.1 Å². The summed E-state index contributed by atoms with van der Waals surface area (Å²) in [5.74, 6) is -2.47. The van der Waals surface area contributed by atoms with Gasteiger partial charge in [0.2, 0.25) is 5.91 Å². The molecule has 1 saturated heterocycles. The highest BCUT2D eigenvalue weighted by molar-refractivity contribution is 6.32. The van der Waals surface area contributed by atoms with Gasteiger partial charge in [-0.2, -0.15) is 0 Å². The molecule has 0 unspecified atom stereocenters. The van der Waals surface area contributed by atoms with Gasteiger partial charge in [0.1, 0.15) is 0 Å². The van der Waals surface area contributed by atoms with Gasteiger partial charge in [0.25, 0.3) is 5.91 Å². The van der Waals surface area contributed by atoms with Crippen molar-refractivity contribution in [1.82, 2.24) is 5.32 Å². The number of anilines is 2. The van der Waals surface area contributed by atoms with Crippen LogP contribution in [0, 0.1) is 12.8 Å². The van der Waals surface area contributed by atoms with Crippen molar-refractivity contribution < 1.29 is 14.4 Å². The van der Waals surface area contributed by atoms with Gasteiger partial charge in [0.05, 0.1) is 11.4 Å². The zero-order valence-corrected chi connectivity index (χ0v) is 15.3. The van der Waals surface area contributed by atoms with Crippen molar-refractivity contribution in [2.45, 2.75) is 6.92 Å². The molecule has 0 bridgehead atoms. The third-order valence-corrected chi connectivity index (χ3v) is 4.23. The third-order valence-electron chi connectivity index (χ3n) is 4.23. The summed E-state index contributed by atoms with van der Waals surface area (Å²) < 4.78 is 0. The molecule has 138 valence electrons. The molecular weight excluding hydrogens is 344 g/mol. The molecule has 27 heavy (non-hydrogen) atoms. The number of hydrogen-bond acceptors (Lipinski definition) is 5. The third kappa shape index (κ3) is 3.87. The van der Waals surface area contributed by atoms with Gasteiger partial charge in [-0.25, -0.2) is 9.69 Å². The Hall–Kier alpha value is -3.48. The number of nitrogens with one attached hydrogen (secondary N) is 1. The fourth-order valence-corrected chi connectivity index (χ4v) is 2.66. The summed E-state index contributed by atoms with van der Waals surface area (Å²) in [6.45, 7) is 1.91. The number of rotatable bonds is 4. The maximum absolute atomic E-state index is 12.7. The predicted octanol–water partition coefficient (Wildman–Crippen LogP) is 2.66. The highest BCUT2D eigenvalue weighted by Gasteiger charge is 2.40. The molecule has 0 aromatic heterocycles. The van der Waals surface area contributed by atoms with Crippen LogP contribution in [0.4, 0.5) is 21.9 Å². The van der Waals surface area contributed by atoms with Crippen molar-refractivity contribution >= 4 is 41.1 Å². The maximum atomic E-state index is 12.7. The highest BCUT2D eigenvalue weighted by Crippen LogP contribution is 2.22. The molecule has 1 fully saturated rings. The first-order valence-electron chi connectivity index (χ1n) is 8.44. The minimum atomic E-state index is -1.17. The summed E-state index contributed by atoms with van der Waals surface area (Å²) in [6.07, 6.45) is 1.27. The van der Waals surface area contributed by atoms with E-state index in [0.29, 0.717) is 11.4 Å². The minimum Gasteiger partial charge on any atom is -0.378 e. The van der Waals surface area contributed by atoms with Gasteiger partial charge in [0, 0.05) is 26.0 Å². The van der Waals surface area contributed by atoms with Crippen LogP contribution in [-0.2, 0) is 9.59 Å². The molecule has 4 amide bonds. The summed E-state index contributed by atoms with van der Waals surface area (Å²) >= 11 is 0. The Morgan fingerprint density at radius 3 is 2.22 bits per heavy atom. The van der Waals surface area contributed by atoms with Gasteiger partial charge in [-0.1, -0.05) is 17.7 Å². The van der Waals surface area contributed by atoms with E-state index in [1.54, 1.807) is 36.4 Å². The standard InChI is InChI=1S/C20H20N4O3/c1-13-4-8-16(9-5-13)24-19(26)17(18(25)22-20(24)27)12-21-14-6-10-15(11-7-14)23(2)3/h4-12,17H,1-3H3,(H,22,25,27)/t17-/m0/s1. The molecule has 2 aromatic rings. The molecule has 1 heterocycles. The van der Waals surface area contributed by atoms with Gasteiger partial charge in [-0.15, -0.1) is 0 Å². The van der Waals surface area contributed by atoms with E-state index in [0.717, 1.165) is 16.2 Å². The van der Waals surface area contributed by atoms with E-state index in [2.05, 4.69) is 10.3 Å². The Bertz CT molecular complexity index is 902. The van der Waals surface area contributed by atoms with Crippen LogP contribution in [0.15, 0.2) is 53.5 Å². The van der Waals surface area contributed by atoms with Crippen LogP contribution in [0.2, 0.25) is 0 Å². The zero-order valence-electron chi connectivity index (χ0n) is 15.3. The van der Waals surface area contributed by atoms with Gasteiger partial charge in [0.15, 0.2) is 5.92 Å². The quantitative estimate of drug-likeness (QED) is 0.668. The van der Waals surface area contributed by atoms with E-state index in [9.17, 15) is 14.4 Å². The van der Waals surface area contributed by atoms with Crippen molar-refractivity contribution in [3.05, 3.63) is 54.1 Å². The smallest absolute Gasteiger partial charge is 0.335 e. The largest absolute Gasteiger partial charge is 0.378 e. The monoisotopic (exact) mass is 364 g/mol. The van der Waals surface area contributed by atoms with E-state index in [1.165, 1.54) is 6.21 Å². The van der Waals surface area contributed by atoms with Crippen LogP contribution < -0.4 is 15.1 Å². The Labute approximate surface area is 157 Å². The summed E-state index contributed by atoms with van der Waals surface area (Å²) in [4.78, 5) is 44.2. The summed E-state index contributed by atoms with van der Waals surface area (Å²) in [5.41, 5.74) is 3.03. The van der Waals surface area contributed by atoms with E-state index in [4.69, 9.17) is 0 Å². The number of imide groups is 2. The number of nitrogens with zero attached hydrogens (tertiary/aromatic N) is 3. The molecular formula is C20H20N4O3. The molecule has 1 N–H and O–H groups in total. The van der Waals surface area contributed by atoms with E-state index in [1.807, 2.05) is 38.1 Å². The summed E-state index contributed by atoms with van der Waals surface area (Å²) in [6, 6.07) is 13.5. The number of barbiturate groups is 1. The number of aliphatic imine (C=N–C) groups is 1. The average molecular weight is 364 g/mol. The fourth-order valence-electron chi connectivity index (χ4n) is 2.66. The molecule has 0 radical (unpaired) electrons. The van der Waals surface area contributed by atoms with Crippen molar-refractivity contribution in [2.24, 2.45) is 10.9 Å². The lowest BCUT2D eigenvalue weighted by molar-refractivity contribution is -0.131. The van der Waals surface area contributed by atoms with E-state index < -0.39 is 23.8 Å². The summed E-state index contributed by atoms with van der Waals surface area (Å²) in [7, 11) is 3.86. The molecule has 1 aliphatic rings. The molecule has 7 heteroatoms. The number of amides is 4.